The number of aryl methyl sites for hydroxylation is 1. The van der Waals surface area contributed by atoms with E-state index in [-0.39, 0.29) is 0 Å². The van der Waals surface area contributed by atoms with Crippen LogP contribution in [0.1, 0.15) is 11.4 Å². The van der Waals surface area contributed by atoms with Gasteiger partial charge in [-0.05, 0) is 19.1 Å². The van der Waals surface area contributed by atoms with E-state index >= 15 is 0 Å². The first-order valence-corrected chi connectivity index (χ1v) is 7.79. The van der Waals surface area contributed by atoms with E-state index in [1.807, 2.05) is 31.2 Å². The summed E-state index contributed by atoms with van der Waals surface area (Å²) in [6.45, 7) is 1.99. The van der Waals surface area contributed by atoms with Gasteiger partial charge in [-0.2, -0.15) is 0 Å². The third kappa shape index (κ3) is 2.29. The fraction of sp³-hybridized carbons (Fsp3) is 0.133. The van der Waals surface area contributed by atoms with Gasteiger partial charge in [0, 0.05) is 5.75 Å². The van der Waals surface area contributed by atoms with Crippen LogP contribution in [0.3, 0.4) is 0 Å². The van der Waals surface area contributed by atoms with Crippen molar-refractivity contribution in [2.24, 2.45) is 0 Å². The average molecular weight is 308 g/mol. The van der Waals surface area contributed by atoms with Crippen molar-refractivity contribution < 1.29 is 0 Å². The normalized spacial score (nSPS) is 11.3. The lowest BCUT2D eigenvalue weighted by Crippen LogP contribution is -1.97. The van der Waals surface area contributed by atoms with E-state index in [9.17, 15) is 0 Å². The number of imidazole rings is 1. The van der Waals surface area contributed by atoms with E-state index < -0.39 is 0 Å². The second-order valence-corrected chi connectivity index (χ2v) is 5.78. The molecule has 0 bridgehead atoms. The van der Waals surface area contributed by atoms with Crippen LogP contribution in [0.15, 0.2) is 41.9 Å². The zero-order valence-electron chi connectivity index (χ0n) is 11.8. The second-order valence-electron chi connectivity index (χ2n) is 4.81. The molecule has 0 saturated heterocycles. The smallest absolute Gasteiger partial charge is 0.181 e. The van der Waals surface area contributed by atoms with Crippen molar-refractivity contribution >= 4 is 34.0 Å². The molecule has 0 radical (unpaired) electrons. The van der Waals surface area contributed by atoms with Crippen LogP contribution in [0, 0.1) is 6.92 Å². The molecule has 22 heavy (non-hydrogen) atoms. The van der Waals surface area contributed by atoms with Gasteiger partial charge < -0.3 is 4.98 Å². The van der Waals surface area contributed by atoms with Gasteiger partial charge in [0.25, 0.3) is 0 Å². The number of hydrogen-bond donors (Lipinski definition) is 1. The quantitative estimate of drug-likeness (QED) is 0.463. The highest BCUT2D eigenvalue weighted by molar-refractivity contribution is 7.98. The highest BCUT2D eigenvalue weighted by Gasteiger charge is 2.10. The van der Waals surface area contributed by atoms with Gasteiger partial charge in [0.2, 0.25) is 0 Å². The lowest BCUT2D eigenvalue weighted by atomic mass is 10.2. The average Bonchev–Trinajstić information content (AvgIpc) is 3.02. The molecule has 0 aliphatic carbocycles. The van der Waals surface area contributed by atoms with Crippen molar-refractivity contribution in [3.05, 3.63) is 48.3 Å². The van der Waals surface area contributed by atoms with Gasteiger partial charge in [0.15, 0.2) is 5.65 Å². The van der Waals surface area contributed by atoms with E-state index in [2.05, 4.69) is 24.9 Å². The summed E-state index contributed by atoms with van der Waals surface area (Å²) in [5.74, 6) is 0.703. The molecule has 0 unspecified atom stereocenters. The Balaban J connectivity index is 1.66. The van der Waals surface area contributed by atoms with Crippen LogP contribution in [0.2, 0.25) is 0 Å². The number of para-hydroxylation sites is 2. The fourth-order valence-corrected chi connectivity index (χ4v) is 3.21. The minimum atomic E-state index is 0.679. The molecule has 7 heteroatoms. The van der Waals surface area contributed by atoms with Crippen LogP contribution in [0.5, 0.6) is 0 Å². The third-order valence-corrected chi connectivity index (χ3v) is 4.38. The number of nitrogens with zero attached hydrogens (tertiary/aromatic N) is 5. The van der Waals surface area contributed by atoms with Gasteiger partial charge in [-0.15, -0.1) is 0 Å². The Morgan fingerprint density at radius 3 is 2.73 bits per heavy atom. The maximum Gasteiger partial charge on any atom is 0.181 e. The molecule has 4 aromatic rings. The summed E-state index contributed by atoms with van der Waals surface area (Å²) in [6.07, 6.45) is 3.16. The van der Waals surface area contributed by atoms with E-state index in [1.54, 1.807) is 18.1 Å². The molecule has 108 valence electrons. The second kappa shape index (κ2) is 5.34. The number of aromatic amines is 1. The van der Waals surface area contributed by atoms with Crippen molar-refractivity contribution in [2.45, 2.75) is 17.7 Å². The molecule has 0 amide bonds. The number of benzene rings is 1. The van der Waals surface area contributed by atoms with Crippen LogP contribution in [0.25, 0.3) is 22.2 Å². The molecule has 0 fully saturated rings. The Hall–Kier alpha value is -2.54. The van der Waals surface area contributed by atoms with Crippen molar-refractivity contribution in [2.75, 3.05) is 0 Å². The predicted octanol–water partition coefficient (Wildman–Crippen LogP) is 2.90. The van der Waals surface area contributed by atoms with Gasteiger partial charge in [-0.1, -0.05) is 23.9 Å². The molecular formula is C15H12N6S. The number of rotatable bonds is 3. The number of H-pyrrole nitrogens is 1. The first kappa shape index (κ1) is 13.1. The first-order chi connectivity index (χ1) is 10.8. The summed E-state index contributed by atoms with van der Waals surface area (Å²) >= 11 is 1.61. The molecule has 0 aliphatic heterocycles. The highest BCUT2D eigenvalue weighted by atomic mass is 32.2. The van der Waals surface area contributed by atoms with Gasteiger partial charge in [0.05, 0.1) is 28.7 Å². The van der Waals surface area contributed by atoms with Crippen molar-refractivity contribution in [3.63, 3.8) is 0 Å². The predicted molar refractivity (Wildman–Crippen MR) is 85.5 cm³/mol. The minimum Gasteiger partial charge on any atom is -0.341 e. The van der Waals surface area contributed by atoms with E-state index in [4.69, 9.17) is 4.98 Å². The zero-order valence-corrected chi connectivity index (χ0v) is 12.6. The van der Waals surface area contributed by atoms with Crippen LogP contribution in [0.4, 0.5) is 0 Å². The van der Waals surface area contributed by atoms with Gasteiger partial charge in [-0.3, -0.25) is 0 Å². The minimum absolute atomic E-state index is 0.679. The highest BCUT2D eigenvalue weighted by Crippen LogP contribution is 2.26. The lowest BCUT2D eigenvalue weighted by Gasteiger charge is -2.06. The van der Waals surface area contributed by atoms with Crippen LogP contribution in [-0.2, 0) is 5.75 Å². The Labute approximate surface area is 130 Å². The summed E-state index contributed by atoms with van der Waals surface area (Å²) in [6, 6.07) is 7.90. The molecule has 6 nitrogen and oxygen atoms in total. The van der Waals surface area contributed by atoms with Gasteiger partial charge in [0.1, 0.15) is 16.9 Å². The third-order valence-electron chi connectivity index (χ3n) is 3.38. The maximum absolute atomic E-state index is 4.70. The van der Waals surface area contributed by atoms with Crippen molar-refractivity contribution in [1.29, 1.82) is 0 Å². The standard InChI is InChI=1S/C15H12N6S/c1-9-12(21-11-5-3-2-4-10(11)20-9)6-22-15-13-14(17-7-16-13)18-8-19-15/h2-5,7-8H,6H2,1H3,(H,16,17,18,19). The van der Waals surface area contributed by atoms with Crippen molar-refractivity contribution in [3.8, 4) is 0 Å². The molecule has 4 rings (SSSR count). The molecule has 0 atom stereocenters. The topological polar surface area (TPSA) is 80.2 Å². The number of thioether (sulfide) groups is 1. The molecule has 1 N–H and O–H groups in total. The van der Waals surface area contributed by atoms with E-state index in [0.29, 0.717) is 11.4 Å². The fourth-order valence-electron chi connectivity index (χ4n) is 2.25. The van der Waals surface area contributed by atoms with Crippen LogP contribution in [-0.4, -0.2) is 29.9 Å². The summed E-state index contributed by atoms with van der Waals surface area (Å²) in [5.41, 5.74) is 5.29. The largest absolute Gasteiger partial charge is 0.341 e. The molecule has 3 heterocycles. The number of hydrogen-bond acceptors (Lipinski definition) is 6. The number of aromatic nitrogens is 6. The molecule has 0 spiro atoms. The van der Waals surface area contributed by atoms with Crippen molar-refractivity contribution in [1.82, 2.24) is 29.9 Å². The van der Waals surface area contributed by atoms with Gasteiger partial charge >= 0.3 is 0 Å². The molecule has 1 aromatic carbocycles. The van der Waals surface area contributed by atoms with Gasteiger partial charge in [-0.25, -0.2) is 24.9 Å². The Morgan fingerprint density at radius 1 is 1.05 bits per heavy atom. The summed E-state index contributed by atoms with van der Waals surface area (Å²) in [5, 5.41) is 0.872. The number of fused-ring (bicyclic) bond motifs is 2. The van der Waals surface area contributed by atoms with E-state index in [0.717, 1.165) is 33.0 Å². The van der Waals surface area contributed by atoms with E-state index in [1.165, 1.54) is 6.33 Å². The Morgan fingerprint density at radius 2 is 1.86 bits per heavy atom. The zero-order chi connectivity index (χ0) is 14.9. The maximum atomic E-state index is 4.70. The summed E-state index contributed by atoms with van der Waals surface area (Å²) < 4.78 is 0. The first-order valence-electron chi connectivity index (χ1n) is 6.80. The number of nitrogens with one attached hydrogen (secondary N) is 1. The lowest BCUT2D eigenvalue weighted by molar-refractivity contribution is 1.06. The SMILES string of the molecule is Cc1nc2ccccc2nc1CSc1ncnc2nc[nH]c12. The monoisotopic (exact) mass is 308 g/mol. The van der Waals surface area contributed by atoms with Crippen LogP contribution < -0.4 is 0 Å². The molecule has 0 saturated carbocycles. The Kier molecular flexibility index (Phi) is 3.19. The molecular weight excluding hydrogens is 296 g/mol. The summed E-state index contributed by atoms with van der Waals surface area (Å²) in [4.78, 5) is 25.0. The summed E-state index contributed by atoms with van der Waals surface area (Å²) in [7, 11) is 0. The molecule has 3 aromatic heterocycles. The van der Waals surface area contributed by atoms with Crippen LogP contribution >= 0.6 is 11.8 Å². The molecule has 0 aliphatic rings. The Bertz CT molecular complexity index is 964.